The van der Waals surface area contributed by atoms with Crippen LogP contribution in [0.4, 0.5) is 4.39 Å². The van der Waals surface area contributed by atoms with E-state index in [4.69, 9.17) is 23.2 Å². The molecule has 1 heterocycles. The monoisotopic (exact) mass is 430 g/mol. The van der Waals surface area contributed by atoms with Gasteiger partial charge in [-0.05, 0) is 56.5 Å². The van der Waals surface area contributed by atoms with Gasteiger partial charge in [0.15, 0.2) is 0 Å². The number of benzene rings is 1. The molecule has 96 valence electrons. The quantitative estimate of drug-likeness (QED) is 0.480. The summed E-state index contributed by atoms with van der Waals surface area (Å²) in [5.74, 6) is -0.317. The molecule has 1 atom stereocenters. The number of hydrogen-bond donors (Lipinski definition) is 0. The lowest BCUT2D eigenvalue weighted by molar-refractivity contribution is 0.608. The average Bonchev–Trinajstić information content (AvgIpc) is 2.64. The molecule has 2 aromatic rings. The van der Waals surface area contributed by atoms with Crippen molar-refractivity contribution in [1.82, 2.24) is 0 Å². The summed E-state index contributed by atoms with van der Waals surface area (Å²) < 4.78 is 15.6. The largest absolute Gasteiger partial charge is 0.207 e. The summed E-state index contributed by atoms with van der Waals surface area (Å²) in [5.41, 5.74) is 0.458. The highest BCUT2D eigenvalue weighted by Crippen LogP contribution is 2.39. The minimum atomic E-state index is -0.317. The molecule has 0 radical (unpaired) electrons. The first-order chi connectivity index (χ1) is 8.49. The molecule has 0 saturated heterocycles. The summed E-state index contributed by atoms with van der Waals surface area (Å²) in [5, 5.41) is 0.113. The molecule has 0 aliphatic rings. The van der Waals surface area contributed by atoms with Crippen LogP contribution in [0, 0.1) is 5.82 Å². The third-order valence-electron chi connectivity index (χ3n) is 2.42. The van der Waals surface area contributed by atoms with Gasteiger partial charge in [0.25, 0.3) is 0 Å². The SMILES string of the molecule is Fc1cccc(Cl)c1CC(Cl)c1cc(Br)c(Br)s1. The van der Waals surface area contributed by atoms with E-state index in [1.54, 1.807) is 12.1 Å². The molecule has 0 spiro atoms. The molecular weight excluding hydrogens is 426 g/mol. The molecule has 1 unspecified atom stereocenters. The van der Waals surface area contributed by atoms with E-state index in [1.165, 1.54) is 17.4 Å². The molecule has 0 aliphatic carbocycles. The molecule has 0 fully saturated rings. The maximum atomic E-state index is 13.7. The second-order valence-corrected chi connectivity index (χ2v) is 7.83. The lowest BCUT2D eigenvalue weighted by Crippen LogP contribution is -1.97. The predicted molar refractivity (Wildman–Crippen MR) is 83.4 cm³/mol. The van der Waals surface area contributed by atoms with E-state index in [9.17, 15) is 4.39 Å². The van der Waals surface area contributed by atoms with Gasteiger partial charge in [-0.25, -0.2) is 4.39 Å². The van der Waals surface area contributed by atoms with Crippen molar-refractivity contribution >= 4 is 66.4 Å². The van der Waals surface area contributed by atoms with E-state index in [2.05, 4.69) is 31.9 Å². The molecule has 0 N–H and O–H groups in total. The van der Waals surface area contributed by atoms with Crippen LogP contribution < -0.4 is 0 Å². The predicted octanol–water partition coefficient (Wildman–Crippen LogP) is 6.59. The Morgan fingerprint density at radius 2 is 2.06 bits per heavy atom. The van der Waals surface area contributed by atoms with Crippen molar-refractivity contribution in [1.29, 1.82) is 0 Å². The lowest BCUT2D eigenvalue weighted by atomic mass is 10.1. The van der Waals surface area contributed by atoms with Gasteiger partial charge in [0, 0.05) is 19.9 Å². The van der Waals surface area contributed by atoms with Crippen molar-refractivity contribution in [3.8, 4) is 0 Å². The lowest BCUT2D eigenvalue weighted by Gasteiger charge is -2.09. The number of halogens is 5. The van der Waals surface area contributed by atoms with Crippen LogP contribution in [-0.4, -0.2) is 0 Å². The van der Waals surface area contributed by atoms with Gasteiger partial charge in [-0.2, -0.15) is 0 Å². The number of thiophene rings is 1. The zero-order chi connectivity index (χ0) is 13.3. The van der Waals surface area contributed by atoms with E-state index >= 15 is 0 Å². The third-order valence-corrected chi connectivity index (χ3v) is 6.66. The molecule has 0 amide bonds. The summed E-state index contributed by atoms with van der Waals surface area (Å²) in [7, 11) is 0. The Bertz CT molecular complexity index is 531. The smallest absolute Gasteiger partial charge is 0.127 e. The molecule has 2 rings (SSSR count). The van der Waals surface area contributed by atoms with Crippen molar-refractivity contribution < 1.29 is 4.39 Å². The molecule has 18 heavy (non-hydrogen) atoms. The van der Waals surface area contributed by atoms with Crippen LogP contribution in [0.15, 0.2) is 32.5 Å². The third kappa shape index (κ3) is 3.28. The highest BCUT2D eigenvalue weighted by molar-refractivity contribution is 9.13. The van der Waals surface area contributed by atoms with E-state index in [0.29, 0.717) is 17.0 Å². The van der Waals surface area contributed by atoms with Gasteiger partial charge in [-0.1, -0.05) is 17.7 Å². The van der Waals surface area contributed by atoms with Crippen molar-refractivity contribution in [3.63, 3.8) is 0 Å². The zero-order valence-electron chi connectivity index (χ0n) is 8.89. The Kier molecular flexibility index (Phi) is 5.12. The first-order valence-corrected chi connectivity index (χ1v) is 8.22. The molecular formula is C12H7Br2Cl2FS. The van der Waals surface area contributed by atoms with Crippen molar-refractivity contribution in [2.45, 2.75) is 11.8 Å². The van der Waals surface area contributed by atoms with Crippen LogP contribution in [0.1, 0.15) is 15.8 Å². The topological polar surface area (TPSA) is 0 Å². The normalized spacial score (nSPS) is 12.7. The summed E-state index contributed by atoms with van der Waals surface area (Å²) in [6.07, 6.45) is 0.368. The molecule has 1 aromatic heterocycles. The minimum Gasteiger partial charge on any atom is -0.207 e. The summed E-state index contributed by atoms with van der Waals surface area (Å²) in [6.45, 7) is 0. The van der Waals surface area contributed by atoms with Gasteiger partial charge < -0.3 is 0 Å². The second-order valence-electron chi connectivity index (χ2n) is 3.64. The molecule has 0 aliphatic heterocycles. The highest BCUT2D eigenvalue weighted by atomic mass is 79.9. The maximum absolute atomic E-state index is 13.7. The van der Waals surface area contributed by atoms with Crippen LogP contribution in [0.3, 0.4) is 0 Å². The van der Waals surface area contributed by atoms with Gasteiger partial charge in [0.05, 0.1) is 9.16 Å². The Hall–Kier alpha value is 0.390. The van der Waals surface area contributed by atoms with Gasteiger partial charge in [-0.15, -0.1) is 22.9 Å². The van der Waals surface area contributed by atoms with Crippen molar-refractivity contribution in [2.75, 3.05) is 0 Å². The van der Waals surface area contributed by atoms with Crippen LogP contribution in [0.5, 0.6) is 0 Å². The van der Waals surface area contributed by atoms with Gasteiger partial charge in [0.1, 0.15) is 5.82 Å². The highest BCUT2D eigenvalue weighted by Gasteiger charge is 2.17. The van der Waals surface area contributed by atoms with Crippen LogP contribution in [0.2, 0.25) is 5.02 Å². The Labute approximate surface area is 135 Å². The Morgan fingerprint density at radius 3 is 2.61 bits per heavy atom. The van der Waals surface area contributed by atoms with E-state index < -0.39 is 0 Å². The molecule has 0 saturated carbocycles. The number of rotatable bonds is 3. The zero-order valence-corrected chi connectivity index (χ0v) is 14.4. The van der Waals surface area contributed by atoms with E-state index in [-0.39, 0.29) is 11.2 Å². The van der Waals surface area contributed by atoms with Crippen LogP contribution in [0.25, 0.3) is 0 Å². The maximum Gasteiger partial charge on any atom is 0.127 e. The fraction of sp³-hybridized carbons (Fsp3) is 0.167. The first kappa shape index (κ1) is 14.8. The summed E-state index contributed by atoms with van der Waals surface area (Å²) >= 11 is 20.6. The molecule has 6 heteroatoms. The fourth-order valence-electron chi connectivity index (χ4n) is 1.52. The van der Waals surface area contributed by atoms with E-state index in [0.717, 1.165) is 13.1 Å². The second kappa shape index (κ2) is 6.23. The Balaban J connectivity index is 2.23. The fourth-order valence-corrected chi connectivity index (χ4v) is 4.18. The van der Waals surface area contributed by atoms with Crippen molar-refractivity contribution in [3.05, 3.63) is 53.8 Å². The van der Waals surface area contributed by atoms with Crippen LogP contribution >= 0.6 is 66.4 Å². The molecule has 0 nitrogen and oxygen atoms in total. The first-order valence-electron chi connectivity index (χ1n) is 5.00. The van der Waals surface area contributed by atoms with Gasteiger partial charge >= 0.3 is 0 Å². The van der Waals surface area contributed by atoms with Crippen molar-refractivity contribution in [2.24, 2.45) is 0 Å². The van der Waals surface area contributed by atoms with E-state index in [1.807, 2.05) is 6.07 Å². The number of alkyl halides is 1. The Morgan fingerprint density at radius 1 is 1.33 bits per heavy atom. The van der Waals surface area contributed by atoms with Crippen LogP contribution in [-0.2, 0) is 6.42 Å². The summed E-state index contributed by atoms with van der Waals surface area (Å²) in [4.78, 5) is 0.967. The summed E-state index contributed by atoms with van der Waals surface area (Å²) in [6, 6.07) is 6.58. The standard InChI is InChI=1S/C12H7Br2Cl2FS/c13-7-5-11(18-12(7)14)9(16)4-6-8(15)2-1-3-10(6)17/h1-3,5,9H,4H2. The molecule has 1 aromatic carbocycles. The van der Waals surface area contributed by atoms with Gasteiger partial charge in [-0.3, -0.25) is 0 Å². The minimum absolute atomic E-state index is 0.299. The van der Waals surface area contributed by atoms with Gasteiger partial charge in [0.2, 0.25) is 0 Å². The molecule has 0 bridgehead atoms. The number of hydrogen-bond acceptors (Lipinski definition) is 1. The average molecular weight is 433 g/mol.